The number of nitrogens with one attached hydrogen (secondary N) is 2. The fourth-order valence-corrected chi connectivity index (χ4v) is 5.43. The summed E-state index contributed by atoms with van der Waals surface area (Å²) in [6, 6.07) is 7.12. The van der Waals surface area contributed by atoms with Crippen molar-refractivity contribution in [1.82, 2.24) is 25.3 Å². The van der Waals surface area contributed by atoms with Gasteiger partial charge in [-0.25, -0.2) is 4.79 Å². The first-order valence-electron chi connectivity index (χ1n) is 11.1. The van der Waals surface area contributed by atoms with E-state index in [4.69, 9.17) is 0 Å². The van der Waals surface area contributed by atoms with Crippen LogP contribution >= 0.6 is 0 Å². The number of benzene rings is 1. The molecule has 0 radical (unpaired) electrons. The van der Waals surface area contributed by atoms with Gasteiger partial charge in [0.25, 0.3) is 5.91 Å². The van der Waals surface area contributed by atoms with Crippen molar-refractivity contribution in [3.63, 3.8) is 0 Å². The van der Waals surface area contributed by atoms with Gasteiger partial charge in [-0.2, -0.15) is 5.10 Å². The van der Waals surface area contributed by atoms with Gasteiger partial charge in [0.15, 0.2) is 5.69 Å². The molecule has 3 saturated heterocycles. The standard InChI is InChI=1S/C22H30N6O2/c1-3-8-27-9-10-28(22(27)30)17-6-7-19-18(13-17)20(25-24-19)21(29)23-14-11-15-4-5-16(12-14)26(15)2/h6-7,13-16H,3-5,8-12H2,1-2H3,(H,23,29)(H,24,25)/t14?,15-,16+. The number of H-pyrrole nitrogens is 1. The molecule has 0 saturated carbocycles. The number of piperidine rings is 1. The normalized spacial score (nSPS) is 26.7. The molecule has 1 unspecified atom stereocenters. The first-order valence-corrected chi connectivity index (χ1v) is 11.1. The summed E-state index contributed by atoms with van der Waals surface area (Å²) in [6.45, 7) is 4.26. The highest BCUT2D eigenvalue weighted by Crippen LogP contribution is 2.34. The number of nitrogens with zero attached hydrogens (tertiary/aromatic N) is 4. The number of hydrogen-bond acceptors (Lipinski definition) is 4. The van der Waals surface area contributed by atoms with E-state index in [-0.39, 0.29) is 18.0 Å². The summed E-state index contributed by atoms with van der Waals surface area (Å²) in [7, 11) is 2.20. The van der Waals surface area contributed by atoms with Crippen LogP contribution in [0.5, 0.6) is 0 Å². The Morgan fingerprint density at radius 1 is 1.23 bits per heavy atom. The number of rotatable bonds is 5. The van der Waals surface area contributed by atoms with Crippen LogP contribution in [0, 0.1) is 0 Å². The zero-order valence-electron chi connectivity index (χ0n) is 17.7. The van der Waals surface area contributed by atoms with E-state index in [9.17, 15) is 9.59 Å². The summed E-state index contributed by atoms with van der Waals surface area (Å²) in [4.78, 5) is 31.9. The van der Waals surface area contributed by atoms with E-state index in [1.165, 1.54) is 12.8 Å². The van der Waals surface area contributed by atoms with Gasteiger partial charge in [0.2, 0.25) is 0 Å². The van der Waals surface area contributed by atoms with E-state index < -0.39 is 0 Å². The monoisotopic (exact) mass is 410 g/mol. The number of anilines is 1. The van der Waals surface area contributed by atoms with Crippen LogP contribution in [0.2, 0.25) is 0 Å². The van der Waals surface area contributed by atoms with E-state index in [1.807, 2.05) is 23.1 Å². The predicted molar refractivity (Wildman–Crippen MR) is 116 cm³/mol. The van der Waals surface area contributed by atoms with Crippen LogP contribution in [0.3, 0.4) is 0 Å². The molecule has 8 heteroatoms. The SMILES string of the molecule is CCCN1CCN(c2ccc3[nH]nc(C(=O)NC4C[C@H]5CC[C@@H](C4)N5C)c3c2)C1=O. The highest BCUT2D eigenvalue weighted by Gasteiger charge is 2.39. The van der Waals surface area contributed by atoms with Crippen LogP contribution in [0.15, 0.2) is 18.2 Å². The third-order valence-corrected chi connectivity index (χ3v) is 7.10. The number of hydrogen-bond donors (Lipinski definition) is 2. The summed E-state index contributed by atoms with van der Waals surface area (Å²) in [6.07, 6.45) is 5.40. The van der Waals surface area contributed by atoms with Crippen LogP contribution in [0.1, 0.15) is 49.5 Å². The van der Waals surface area contributed by atoms with E-state index in [0.29, 0.717) is 24.3 Å². The molecule has 0 aliphatic carbocycles. The Bertz CT molecular complexity index is 958. The summed E-state index contributed by atoms with van der Waals surface area (Å²) in [5.41, 5.74) is 2.04. The van der Waals surface area contributed by atoms with Crippen LogP contribution in [0.25, 0.3) is 10.9 Å². The lowest BCUT2D eigenvalue weighted by Crippen LogP contribution is -2.48. The smallest absolute Gasteiger partial charge is 0.324 e. The Hall–Kier alpha value is -2.61. The van der Waals surface area contributed by atoms with E-state index in [1.54, 1.807) is 4.90 Å². The maximum absolute atomic E-state index is 13.0. The quantitative estimate of drug-likeness (QED) is 0.793. The highest BCUT2D eigenvalue weighted by atomic mass is 16.2. The molecule has 8 nitrogen and oxygen atoms in total. The molecule has 2 N–H and O–H groups in total. The Balaban J connectivity index is 1.35. The first-order chi connectivity index (χ1) is 14.5. The molecule has 160 valence electrons. The molecule has 4 heterocycles. The second-order valence-corrected chi connectivity index (χ2v) is 8.92. The summed E-state index contributed by atoms with van der Waals surface area (Å²) < 4.78 is 0. The lowest BCUT2D eigenvalue weighted by Gasteiger charge is -2.36. The lowest BCUT2D eigenvalue weighted by atomic mass is 9.98. The van der Waals surface area contributed by atoms with Gasteiger partial charge in [0, 0.05) is 48.8 Å². The number of aromatic nitrogens is 2. The number of urea groups is 1. The molecule has 3 fully saturated rings. The maximum Gasteiger partial charge on any atom is 0.324 e. The summed E-state index contributed by atoms with van der Waals surface area (Å²) >= 11 is 0. The molecule has 30 heavy (non-hydrogen) atoms. The Kier molecular flexibility index (Phi) is 4.89. The number of carbonyl (C=O) groups excluding carboxylic acids is 2. The third-order valence-electron chi connectivity index (χ3n) is 7.10. The maximum atomic E-state index is 13.0. The van der Waals surface area contributed by atoms with E-state index >= 15 is 0 Å². The zero-order valence-corrected chi connectivity index (χ0v) is 17.7. The van der Waals surface area contributed by atoms with Gasteiger partial charge in [-0.05, 0) is 57.4 Å². The minimum atomic E-state index is -0.132. The van der Waals surface area contributed by atoms with Crippen molar-refractivity contribution in [2.24, 2.45) is 0 Å². The molecule has 3 amide bonds. The Labute approximate surface area is 176 Å². The molecule has 2 aromatic rings. The molecule has 3 aliphatic heterocycles. The van der Waals surface area contributed by atoms with Crippen molar-refractivity contribution in [3.8, 4) is 0 Å². The average molecular weight is 411 g/mol. The lowest BCUT2D eigenvalue weighted by molar-refractivity contribution is 0.0879. The minimum absolute atomic E-state index is 0.0347. The molecule has 2 bridgehead atoms. The highest BCUT2D eigenvalue weighted by molar-refractivity contribution is 6.06. The van der Waals surface area contributed by atoms with Crippen molar-refractivity contribution < 1.29 is 9.59 Å². The van der Waals surface area contributed by atoms with Gasteiger partial charge in [-0.3, -0.25) is 14.8 Å². The minimum Gasteiger partial charge on any atom is -0.348 e. The molecule has 5 rings (SSSR count). The second-order valence-electron chi connectivity index (χ2n) is 8.92. The molecule has 3 aliphatic rings. The van der Waals surface area contributed by atoms with Gasteiger partial charge in [-0.15, -0.1) is 0 Å². The molecule has 1 aromatic carbocycles. The number of carbonyl (C=O) groups is 2. The van der Waals surface area contributed by atoms with Crippen LogP contribution < -0.4 is 10.2 Å². The average Bonchev–Trinajstić information content (AvgIpc) is 3.36. The Morgan fingerprint density at radius 2 is 2.00 bits per heavy atom. The van der Waals surface area contributed by atoms with Crippen molar-refractivity contribution in [3.05, 3.63) is 23.9 Å². The fourth-order valence-electron chi connectivity index (χ4n) is 5.43. The van der Waals surface area contributed by atoms with Crippen molar-refractivity contribution >= 4 is 28.5 Å². The molecular weight excluding hydrogens is 380 g/mol. The predicted octanol–water partition coefficient (Wildman–Crippen LogP) is 2.57. The summed E-state index contributed by atoms with van der Waals surface area (Å²) in [5, 5.41) is 11.3. The van der Waals surface area contributed by atoms with Gasteiger partial charge in [0.05, 0.1) is 5.52 Å². The van der Waals surface area contributed by atoms with E-state index in [2.05, 4.69) is 34.4 Å². The molecule has 0 spiro atoms. The first kappa shape index (κ1) is 19.4. The zero-order chi connectivity index (χ0) is 20.8. The largest absolute Gasteiger partial charge is 0.348 e. The Morgan fingerprint density at radius 3 is 2.73 bits per heavy atom. The fraction of sp³-hybridized carbons (Fsp3) is 0.591. The van der Waals surface area contributed by atoms with Crippen molar-refractivity contribution in [1.29, 1.82) is 0 Å². The second kappa shape index (κ2) is 7.58. The molecule has 3 atom stereocenters. The van der Waals surface area contributed by atoms with Crippen LogP contribution in [-0.4, -0.2) is 76.7 Å². The molecule has 1 aromatic heterocycles. The van der Waals surface area contributed by atoms with Crippen LogP contribution in [0.4, 0.5) is 10.5 Å². The third kappa shape index (κ3) is 3.23. The van der Waals surface area contributed by atoms with Gasteiger partial charge < -0.3 is 15.1 Å². The van der Waals surface area contributed by atoms with Gasteiger partial charge >= 0.3 is 6.03 Å². The van der Waals surface area contributed by atoms with Crippen molar-refractivity contribution in [2.75, 3.05) is 31.6 Å². The topological polar surface area (TPSA) is 84.6 Å². The number of fused-ring (bicyclic) bond motifs is 3. The van der Waals surface area contributed by atoms with Gasteiger partial charge in [-0.1, -0.05) is 6.92 Å². The number of aromatic amines is 1. The number of amides is 3. The van der Waals surface area contributed by atoms with Gasteiger partial charge in [0.1, 0.15) is 0 Å². The molecular formula is C22H30N6O2. The van der Waals surface area contributed by atoms with Crippen LogP contribution in [-0.2, 0) is 0 Å². The summed E-state index contributed by atoms with van der Waals surface area (Å²) in [5.74, 6) is -0.132. The van der Waals surface area contributed by atoms with Crippen molar-refractivity contribution in [2.45, 2.75) is 57.2 Å². The van der Waals surface area contributed by atoms with E-state index in [0.717, 1.165) is 48.9 Å².